The Balaban J connectivity index is 2.14. The van der Waals surface area contributed by atoms with Gasteiger partial charge in [0.25, 0.3) is 0 Å². The third-order valence-corrected chi connectivity index (χ3v) is 3.16. The van der Waals surface area contributed by atoms with Crippen LogP contribution in [-0.2, 0) is 0 Å². The average Bonchev–Trinajstić information content (AvgIpc) is 2.81. The summed E-state index contributed by atoms with van der Waals surface area (Å²) in [6, 6.07) is 10.6. The van der Waals surface area contributed by atoms with Crippen LogP contribution in [0.2, 0.25) is 0 Å². The van der Waals surface area contributed by atoms with Gasteiger partial charge in [-0.2, -0.15) is 0 Å². The van der Waals surface area contributed by atoms with Crippen LogP contribution in [0.3, 0.4) is 0 Å². The maximum Gasteiger partial charge on any atom is 0.335 e. The molecule has 2 heterocycles. The van der Waals surface area contributed by atoms with Gasteiger partial charge in [0.05, 0.1) is 5.56 Å². The first kappa shape index (κ1) is 11.9. The molecule has 0 aliphatic heterocycles. The maximum atomic E-state index is 10.9. The predicted molar refractivity (Wildman–Crippen MR) is 73.1 cm³/mol. The number of rotatable bonds is 2. The molecular weight excluding hydrogens is 310 g/mol. The first-order chi connectivity index (χ1) is 9.13. The van der Waals surface area contributed by atoms with Crippen LogP contribution in [0.4, 0.5) is 0 Å². The summed E-state index contributed by atoms with van der Waals surface area (Å²) in [5.74, 6) is -0.418. The van der Waals surface area contributed by atoms with Crippen LogP contribution in [0.1, 0.15) is 10.4 Å². The summed E-state index contributed by atoms with van der Waals surface area (Å²) >= 11 is 3.39. The number of hydrogen-bond donors (Lipinski definition) is 1. The topological polar surface area (TPSA) is 67.5 Å². The quantitative estimate of drug-likeness (QED) is 0.789. The van der Waals surface area contributed by atoms with Gasteiger partial charge in [-0.05, 0) is 24.3 Å². The lowest BCUT2D eigenvalue weighted by molar-refractivity contribution is 0.0697. The highest BCUT2D eigenvalue weighted by molar-refractivity contribution is 9.10. The second kappa shape index (κ2) is 4.47. The minimum Gasteiger partial charge on any atom is -0.478 e. The van der Waals surface area contributed by atoms with Crippen molar-refractivity contribution in [2.45, 2.75) is 0 Å². The fraction of sp³-hybridized carbons (Fsp3) is 0. The minimum atomic E-state index is -0.977. The Morgan fingerprint density at radius 3 is 2.84 bits per heavy atom. The maximum absolute atomic E-state index is 10.9. The molecule has 0 unspecified atom stereocenters. The lowest BCUT2D eigenvalue weighted by atomic mass is 10.2. The molecule has 3 aromatic rings. The molecule has 5 nitrogen and oxygen atoms in total. The summed E-state index contributed by atoms with van der Waals surface area (Å²) in [6.07, 6.45) is 1.59. The molecule has 0 bridgehead atoms. The highest BCUT2D eigenvalue weighted by Crippen LogP contribution is 2.20. The third kappa shape index (κ3) is 2.22. The predicted octanol–water partition coefficient (Wildman–Crippen LogP) is 2.86. The molecule has 0 fully saturated rings. The van der Waals surface area contributed by atoms with Crippen LogP contribution in [0, 0.1) is 0 Å². The number of carboxylic acids is 1. The molecule has 0 amide bonds. The molecular formula is C13H8BrN3O2. The molecule has 2 aromatic heterocycles. The van der Waals surface area contributed by atoms with E-state index in [4.69, 9.17) is 5.11 Å². The van der Waals surface area contributed by atoms with Gasteiger partial charge < -0.3 is 5.11 Å². The molecule has 1 aromatic carbocycles. The number of carboxylic acid groups (broad SMARTS) is 1. The zero-order valence-electron chi connectivity index (χ0n) is 9.62. The first-order valence-corrected chi connectivity index (χ1v) is 6.28. The molecule has 0 saturated carbocycles. The molecule has 0 aliphatic rings. The van der Waals surface area contributed by atoms with E-state index in [0.717, 1.165) is 10.0 Å². The van der Waals surface area contributed by atoms with Crippen molar-refractivity contribution in [1.82, 2.24) is 14.6 Å². The Morgan fingerprint density at radius 1 is 1.26 bits per heavy atom. The van der Waals surface area contributed by atoms with Crippen molar-refractivity contribution in [3.63, 3.8) is 0 Å². The van der Waals surface area contributed by atoms with Crippen LogP contribution in [0.15, 0.2) is 47.1 Å². The molecule has 19 heavy (non-hydrogen) atoms. The van der Waals surface area contributed by atoms with E-state index < -0.39 is 5.97 Å². The van der Waals surface area contributed by atoms with E-state index in [9.17, 15) is 4.79 Å². The summed E-state index contributed by atoms with van der Waals surface area (Å²) < 4.78 is 2.50. The highest BCUT2D eigenvalue weighted by atomic mass is 79.9. The second-order valence-electron chi connectivity index (χ2n) is 3.97. The number of halogens is 1. The standard InChI is InChI=1S/C13H8BrN3O2/c14-10-3-1-2-8(6-10)12-15-11-7-9(13(18)19)4-5-17(11)16-12/h1-7H,(H,18,19). The first-order valence-electron chi connectivity index (χ1n) is 5.49. The summed E-state index contributed by atoms with van der Waals surface area (Å²) in [4.78, 5) is 15.2. The highest BCUT2D eigenvalue weighted by Gasteiger charge is 2.09. The zero-order chi connectivity index (χ0) is 13.4. The number of nitrogens with zero attached hydrogens (tertiary/aromatic N) is 3. The number of benzene rings is 1. The van der Waals surface area contributed by atoms with Gasteiger partial charge in [-0.15, -0.1) is 5.10 Å². The number of aromatic nitrogens is 3. The molecule has 0 atom stereocenters. The van der Waals surface area contributed by atoms with Crippen molar-refractivity contribution in [3.05, 3.63) is 52.6 Å². The van der Waals surface area contributed by atoms with Crippen molar-refractivity contribution in [1.29, 1.82) is 0 Å². The van der Waals surface area contributed by atoms with Crippen LogP contribution in [0.25, 0.3) is 17.0 Å². The molecule has 94 valence electrons. The Kier molecular flexibility index (Phi) is 2.79. The summed E-state index contributed by atoms with van der Waals surface area (Å²) in [6.45, 7) is 0. The zero-order valence-corrected chi connectivity index (χ0v) is 11.2. The van der Waals surface area contributed by atoms with Crippen molar-refractivity contribution >= 4 is 27.5 Å². The molecule has 0 spiro atoms. The Labute approximate surface area is 116 Å². The van der Waals surface area contributed by atoms with Gasteiger partial charge in [-0.25, -0.2) is 14.3 Å². The van der Waals surface area contributed by atoms with E-state index in [0.29, 0.717) is 11.5 Å². The molecule has 0 aliphatic carbocycles. The third-order valence-electron chi connectivity index (χ3n) is 2.67. The summed E-state index contributed by atoms with van der Waals surface area (Å²) in [5.41, 5.74) is 1.57. The molecule has 0 radical (unpaired) electrons. The molecule has 6 heteroatoms. The van der Waals surface area contributed by atoms with Crippen LogP contribution >= 0.6 is 15.9 Å². The monoisotopic (exact) mass is 317 g/mol. The van der Waals surface area contributed by atoms with E-state index in [1.54, 1.807) is 10.7 Å². The smallest absolute Gasteiger partial charge is 0.335 e. The van der Waals surface area contributed by atoms with Crippen LogP contribution in [-0.4, -0.2) is 25.7 Å². The molecule has 0 saturated heterocycles. The van der Waals surface area contributed by atoms with Gasteiger partial charge in [0.1, 0.15) is 0 Å². The Hall–Kier alpha value is -2.21. The fourth-order valence-corrected chi connectivity index (χ4v) is 2.16. The van der Waals surface area contributed by atoms with E-state index in [-0.39, 0.29) is 5.56 Å². The van der Waals surface area contributed by atoms with Gasteiger partial charge in [0, 0.05) is 16.2 Å². The van der Waals surface area contributed by atoms with Crippen LogP contribution in [0.5, 0.6) is 0 Å². The lowest BCUT2D eigenvalue weighted by Gasteiger charge is -1.94. The molecule has 3 rings (SSSR count). The number of fused-ring (bicyclic) bond motifs is 1. The lowest BCUT2D eigenvalue weighted by Crippen LogP contribution is -1.97. The van der Waals surface area contributed by atoms with Crippen molar-refractivity contribution < 1.29 is 9.90 Å². The van der Waals surface area contributed by atoms with E-state index in [2.05, 4.69) is 26.0 Å². The van der Waals surface area contributed by atoms with Crippen LogP contribution < -0.4 is 0 Å². The van der Waals surface area contributed by atoms with Crippen molar-refractivity contribution in [2.75, 3.05) is 0 Å². The number of carbonyl (C=O) groups is 1. The van der Waals surface area contributed by atoms with Gasteiger partial charge in [0.2, 0.25) is 0 Å². The Bertz CT molecular complexity index is 782. The van der Waals surface area contributed by atoms with E-state index in [1.165, 1.54) is 12.1 Å². The van der Waals surface area contributed by atoms with E-state index in [1.807, 2.05) is 24.3 Å². The number of hydrogen-bond acceptors (Lipinski definition) is 3. The van der Waals surface area contributed by atoms with Gasteiger partial charge >= 0.3 is 5.97 Å². The molecule has 1 N–H and O–H groups in total. The van der Waals surface area contributed by atoms with E-state index >= 15 is 0 Å². The normalized spacial score (nSPS) is 10.8. The average molecular weight is 318 g/mol. The van der Waals surface area contributed by atoms with Gasteiger partial charge in [0.15, 0.2) is 11.5 Å². The van der Waals surface area contributed by atoms with Gasteiger partial charge in [-0.3, -0.25) is 0 Å². The summed E-state index contributed by atoms with van der Waals surface area (Å²) in [7, 11) is 0. The fourth-order valence-electron chi connectivity index (χ4n) is 1.76. The van der Waals surface area contributed by atoms with Crippen molar-refractivity contribution in [3.8, 4) is 11.4 Å². The number of aromatic carboxylic acids is 1. The second-order valence-corrected chi connectivity index (χ2v) is 4.88. The summed E-state index contributed by atoms with van der Waals surface area (Å²) in [5, 5.41) is 13.3. The van der Waals surface area contributed by atoms with Crippen molar-refractivity contribution in [2.24, 2.45) is 0 Å². The van der Waals surface area contributed by atoms with Gasteiger partial charge in [-0.1, -0.05) is 28.1 Å². The SMILES string of the molecule is O=C(O)c1ccn2nc(-c3cccc(Br)c3)nc2c1. The number of pyridine rings is 1. The Morgan fingerprint density at radius 2 is 2.11 bits per heavy atom. The minimum absolute atomic E-state index is 0.195. The largest absolute Gasteiger partial charge is 0.478 e.